The number of aryl methyl sites for hydroxylation is 1. The molecule has 0 spiro atoms. The highest BCUT2D eigenvalue weighted by Gasteiger charge is 2.26. The molecule has 0 radical (unpaired) electrons. The second-order valence-electron chi connectivity index (χ2n) is 5.36. The van der Waals surface area contributed by atoms with Crippen molar-refractivity contribution >= 4 is 5.91 Å². The maximum atomic E-state index is 12.1. The lowest BCUT2D eigenvalue weighted by molar-refractivity contribution is -0.124. The molecule has 0 aliphatic heterocycles. The molecule has 3 unspecified atom stereocenters. The van der Waals surface area contributed by atoms with Crippen LogP contribution in [0.25, 0.3) is 0 Å². The van der Waals surface area contributed by atoms with Crippen LogP contribution < -0.4 is 11.1 Å². The van der Waals surface area contributed by atoms with Crippen molar-refractivity contribution in [3.63, 3.8) is 0 Å². The Balaban J connectivity index is 1.97. The van der Waals surface area contributed by atoms with Crippen LogP contribution in [0.5, 0.6) is 0 Å². The number of nitrogens with two attached hydrogens (primary N) is 1. The second-order valence-corrected chi connectivity index (χ2v) is 5.36. The van der Waals surface area contributed by atoms with Gasteiger partial charge < -0.3 is 16.2 Å². The van der Waals surface area contributed by atoms with E-state index in [1.165, 1.54) is 0 Å². The van der Waals surface area contributed by atoms with Gasteiger partial charge in [-0.2, -0.15) is 0 Å². The summed E-state index contributed by atoms with van der Waals surface area (Å²) in [6, 6.07) is 6.80. The van der Waals surface area contributed by atoms with E-state index >= 15 is 0 Å². The highest BCUT2D eigenvalue weighted by Crippen LogP contribution is 2.19. The van der Waals surface area contributed by atoms with Gasteiger partial charge in [0.15, 0.2) is 0 Å². The van der Waals surface area contributed by atoms with Crippen molar-refractivity contribution in [1.29, 1.82) is 0 Å². The van der Waals surface area contributed by atoms with Crippen LogP contribution in [0.3, 0.4) is 0 Å². The minimum Gasteiger partial charge on any atom is -0.391 e. The number of hydrogen-bond acceptors (Lipinski definition) is 3. The number of rotatable bonds is 3. The highest BCUT2D eigenvalue weighted by atomic mass is 16.3. The third-order valence-electron chi connectivity index (χ3n) is 3.78. The predicted octanol–water partition coefficient (Wildman–Crippen LogP) is 1.41. The van der Waals surface area contributed by atoms with E-state index in [4.69, 9.17) is 5.73 Å². The zero-order valence-electron chi connectivity index (χ0n) is 11.3. The Kier molecular flexibility index (Phi) is 4.56. The maximum Gasteiger partial charge on any atom is 0.241 e. The first kappa shape index (κ1) is 14.0. The average Bonchev–Trinajstić information content (AvgIpc) is 2.41. The molecule has 0 saturated heterocycles. The van der Waals surface area contributed by atoms with Gasteiger partial charge in [0.25, 0.3) is 0 Å². The Morgan fingerprint density at radius 2 is 1.95 bits per heavy atom. The first-order chi connectivity index (χ1) is 9.08. The number of aliphatic hydroxyl groups excluding tert-OH is 1. The zero-order chi connectivity index (χ0) is 13.8. The SMILES string of the molecule is Cc1ccc(C(N)C(=O)NC2CCCCC2O)cc1. The third-order valence-corrected chi connectivity index (χ3v) is 3.78. The van der Waals surface area contributed by atoms with Gasteiger partial charge in [-0.05, 0) is 25.3 Å². The molecular formula is C15H22N2O2. The summed E-state index contributed by atoms with van der Waals surface area (Å²) < 4.78 is 0. The Morgan fingerprint density at radius 1 is 1.32 bits per heavy atom. The van der Waals surface area contributed by atoms with E-state index < -0.39 is 12.1 Å². The molecule has 104 valence electrons. The fourth-order valence-electron chi connectivity index (χ4n) is 2.48. The molecule has 0 heterocycles. The summed E-state index contributed by atoms with van der Waals surface area (Å²) in [5.74, 6) is -0.213. The largest absolute Gasteiger partial charge is 0.391 e. The molecule has 3 atom stereocenters. The van der Waals surface area contributed by atoms with Gasteiger partial charge in [-0.3, -0.25) is 4.79 Å². The number of carbonyl (C=O) groups is 1. The Labute approximate surface area is 114 Å². The average molecular weight is 262 g/mol. The number of benzene rings is 1. The maximum absolute atomic E-state index is 12.1. The smallest absolute Gasteiger partial charge is 0.241 e. The molecule has 1 aliphatic rings. The first-order valence-electron chi connectivity index (χ1n) is 6.88. The number of amides is 1. The molecule has 4 heteroatoms. The van der Waals surface area contributed by atoms with Crippen molar-refractivity contribution in [2.75, 3.05) is 0 Å². The summed E-state index contributed by atoms with van der Waals surface area (Å²) in [6.07, 6.45) is 3.21. The van der Waals surface area contributed by atoms with E-state index in [1.807, 2.05) is 31.2 Å². The molecule has 4 nitrogen and oxygen atoms in total. The van der Waals surface area contributed by atoms with Crippen molar-refractivity contribution in [1.82, 2.24) is 5.32 Å². The predicted molar refractivity (Wildman–Crippen MR) is 74.5 cm³/mol. The molecule has 1 aromatic carbocycles. The quantitative estimate of drug-likeness (QED) is 0.771. The number of carbonyl (C=O) groups excluding carboxylic acids is 1. The highest BCUT2D eigenvalue weighted by molar-refractivity contribution is 5.83. The Bertz CT molecular complexity index is 430. The van der Waals surface area contributed by atoms with Crippen LogP contribution in [0.4, 0.5) is 0 Å². The lowest BCUT2D eigenvalue weighted by atomic mass is 9.92. The molecule has 0 bridgehead atoms. The summed E-state index contributed by atoms with van der Waals surface area (Å²) in [5.41, 5.74) is 7.90. The van der Waals surface area contributed by atoms with Gasteiger partial charge in [0, 0.05) is 0 Å². The molecule has 1 aliphatic carbocycles. The summed E-state index contributed by atoms with van der Waals surface area (Å²) in [4.78, 5) is 12.1. The standard InChI is InChI=1S/C15H22N2O2/c1-10-6-8-11(9-7-10)14(16)15(19)17-12-4-2-3-5-13(12)18/h6-9,12-14,18H,2-5,16H2,1H3,(H,17,19). The summed E-state index contributed by atoms with van der Waals surface area (Å²) >= 11 is 0. The Morgan fingerprint density at radius 3 is 2.58 bits per heavy atom. The van der Waals surface area contributed by atoms with Gasteiger partial charge in [-0.25, -0.2) is 0 Å². The van der Waals surface area contributed by atoms with Crippen LogP contribution in [-0.4, -0.2) is 23.2 Å². The molecule has 19 heavy (non-hydrogen) atoms. The van der Waals surface area contributed by atoms with Crippen molar-refractivity contribution in [3.8, 4) is 0 Å². The van der Waals surface area contributed by atoms with Crippen LogP contribution in [0.1, 0.15) is 42.9 Å². The van der Waals surface area contributed by atoms with Crippen LogP contribution >= 0.6 is 0 Å². The molecule has 1 aromatic rings. The van der Waals surface area contributed by atoms with Crippen molar-refractivity contribution in [2.24, 2.45) is 5.73 Å². The van der Waals surface area contributed by atoms with E-state index in [-0.39, 0.29) is 11.9 Å². The first-order valence-corrected chi connectivity index (χ1v) is 6.88. The van der Waals surface area contributed by atoms with Crippen molar-refractivity contribution < 1.29 is 9.90 Å². The van der Waals surface area contributed by atoms with Gasteiger partial charge in [0.05, 0.1) is 12.1 Å². The van der Waals surface area contributed by atoms with Crippen molar-refractivity contribution in [3.05, 3.63) is 35.4 Å². The summed E-state index contributed by atoms with van der Waals surface area (Å²) in [7, 11) is 0. The zero-order valence-corrected chi connectivity index (χ0v) is 11.3. The fraction of sp³-hybridized carbons (Fsp3) is 0.533. The number of aliphatic hydroxyl groups is 1. The summed E-state index contributed by atoms with van der Waals surface area (Å²) in [5, 5.41) is 12.7. The van der Waals surface area contributed by atoms with Gasteiger partial charge >= 0.3 is 0 Å². The van der Waals surface area contributed by atoms with Gasteiger partial charge in [-0.15, -0.1) is 0 Å². The number of nitrogens with one attached hydrogen (secondary N) is 1. The van der Waals surface area contributed by atoms with E-state index in [0.717, 1.165) is 36.8 Å². The van der Waals surface area contributed by atoms with E-state index in [2.05, 4.69) is 5.32 Å². The minimum atomic E-state index is -0.672. The topological polar surface area (TPSA) is 75.4 Å². The van der Waals surface area contributed by atoms with E-state index in [9.17, 15) is 9.90 Å². The molecule has 1 fully saturated rings. The van der Waals surface area contributed by atoms with Crippen LogP contribution in [0, 0.1) is 6.92 Å². The van der Waals surface area contributed by atoms with Crippen molar-refractivity contribution in [2.45, 2.75) is 50.8 Å². The lowest BCUT2D eigenvalue weighted by Gasteiger charge is -2.29. The van der Waals surface area contributed by atoms with Gasteiger partial charge in [0.1, 0.15) is 6.04 Å². The summed E-state index contributed by atoms with van der Waals surface area (Å²) in [6.45, 7) is 1.99. The minimum absolute atomic E-state index is 0.155. The monoisotopic (exact) mass is 262 g/mol. The molecule has 0 aromatic heterocycles. The fourth-order valence-corrected chi connectivity index (χ4v) is 2.48. The molecule has 1 saturated carbocycles. The number of hydrogen-bond donors (Lipinski definition) is 3. The van der Waals surface area contributed by atoms with Crippen LogP contribution in [0.15, 0.2) is 24.3 Å². The molecule has 1 amide bonds. The van der Waals surface area contributed by atoms with Crippen LogP contribution in [0.2, 0.25) is 0 Å². The van der Waals surface area contributed by atoms with E-state index in [1.54, 1.807) is 0 Å². The Hall–Kier alpha value is -1.39. The normalized spacial score (nSPS) is 24.8. The lowest BCUT2D eigenvalue weighted by Crippen LogP contribution is -2.48. The molecule has 4 N–H and O–H groups in total. The van der Waals surface area contributed by atoms with Gasteiger partial charge in [-0.1, -0.05) is 42.7 Å². The second kappa shape index (κ2) is 6.17. The van der Waals surface area contributed by atoms with Gasteiger partial charge in [0.2, 0.25) is 5.91 Å². The third kappa shape index (κ3) is 3.55. The molecule has 2 rings (SSSR count). The molecular weight excluding hydrogens is 240 g/mol. The van der Waals surface area contributed by atoms with E-state index in [0.29, 0.717) is 0 Å². The van der Waals surface area contributed by atoms with Crippen LogP contribution in [-0.2, 0) is 4.79 Å².